The number of hydrogen-bond acceptors (Lipinski definition) is 1. The zero-order valence-corrected chi connectivity index (χ0v) is 8.74. The van der Waals surface area contributed by atoms with Crippen LogP contribution in [-0.2, 0) is 0 Å². The van der Waals surface area contributed by atoms with Crippen molar-refractivity contribution in [2.24, 2.45) is 5.92 Å². The van der Waals surface area contributed by atoms with Crippen molar-refractivity contribution in [2.45, 2.75) is 27.2 Å². The Labute approximate surface area is 74.8 Å². The van der Waals surface area contributed by atoms with Gasteiger partial charge in [0.15, 0.2) is 0 Å². The van der Waals surface area contributed by atoms with Crippen molar-refractivity contribution in [3.05, 3.63) is 23.1 Å². The summed E-state index contributed by atoms with van der Waals surface area (Å²) in [6.07, 6.45) is 9.78. The molecule has 0 nitrogen and oxygen atoms in total. The molecule has 0 rings (SSSR count). The molecule has 0 spiro atoms. The number of allylic oxidation sites excluding steroid dienone is 4. The fraction of sp³-hybridized carbons (Fsp3) is 0.600. The second kappa shape index (κ2) is 6.53. The molecule has 11 heavy (non-hydrogen) atoms. The van der Waals surface area contributed by atoms with Gasteiger partial charge >= 0.3 is 0 Å². The van der Waals surface area contributed by atoms with Gasteiger partial charge in [0.2, 0.25) is 0 Å². The molecular weight excluding hydrogens is 152 g/mol. The van der Waals surface area contributed by atoms with Crippen molar-refractivity contribution >= 4 is 11.8 Å². The van der Waals surface area contributed by atoms with Crippen LogP contribution in [-0.4, -0.2) is 6.26 Å². The summed E-state index contributed by atoms with van der Waals surface area (Å²) in [5.74, 6) is 0.659. The van der Waals surface area contributed by atoms with Crippen LogP contribution in [0.1, 0.15) is 27.2 Å². The van der Waals surface area contributed by atoms with Crippen molar-refractivity contribution < 1.29 is 0 Å². The molecule has 0 aromatic carbocycles. The molecule has 0 saturated carbocycles. The number of thioether (sulfide) groups is 1. The quantitative estimate of drug-likeness (QED) is 0.577. The lowest BCUT2D eigenvalue weighted by Gasteiger charge is -2.05. The highest BCUT2D eigenvalue weighted by Crippen LogP contribution is 2.20. The van der Waals surface area contributed by atoms with Gasteiger partial charge in [0.05, 0.1) is 0 Å². The zero-order valence-electron chi connectivity index (χ0n) is 7.92. The van der Waals surface area contributed by atoms with Crippen LogP contribution in [0.4, 0.5) is 0 Å². The van der Waals surface area contributed by atoms with E-state index in [0.29, 0.717) is 5.92 Å². The molecular formula is C10H18S. The predicted octanol–water partition coefficient (Wildman–Crippen LogP) is 3.86. The van der Waals surface area contributed by atoms with E-state index in [1.165, 1.54) is 4.91 Å². The second-order valence-electron chi connectivity index (χ2n) is 2.76. The van der Waals surface area contributed by atoms with Gasteiger partial charge in [-0.3, -0.25) is 0 Å². The summed E-state index contributed by atoms with van der Waals surface area (Å²) in [5, 5.41) is 0. The number of rotatable bonds is 4. The topological polar surface area (TPSA) is 0 Å². The van der Waals surface area contributed by atoms with Gasteiger partial charge in [-0.1, -0.05) is 39.0 Å². The van der Waals surface area contributed by atoms with Gasteiger partial charge < -0.3 is 0 Å². The summed E-state index contributed by atoms with van der Waals surface area (Å²) in [4.78, 5) is 1.45. The Balaban J connectivity index is 4.01. The van der Waals surface area contributed by atoms with Crippen LogP contribution in [0.15, 0.2) is 23.1 Å². The van der Waals surface area contributed by atoms with E-state index in [4.69, 9.17) is 0 Å². The van der Waals surface area contributed by atoms with Crippen LogP contribution in [0.5, 0.6) is 0 Å². The highest BCUT2D eigenvalue weighted by atomic mass is 32.2. The first-order chi connectivity index (χ1) is 5.22. The lowest BCUT2D eigenvalue weighted by Crippen LogP contribution is -1.87. The molecule has 0 heterocycles. The lowest BCUT2D eigenvalue weighted by molar-refractivity contribution is 0.817. The summed E-state index contributed by atoms with van der Waals surface area (Å²) in [5.41, 5.74) is 0. The number of hydrogen-bond donors (Lipinski definition) is 0. The first-order valence-corrected chi connectivity index (χ1v) is 5.35. The Kier molecular flexibility index (Phi) is 6.43. The third kappa shape index (κ3) is 5.14. The minimum absolute atomic E-state index is 0.659. The molecule has 64 valence electrons. The molecule has 0 unspecified atom stereocenters. The summed E-state index contributed by atoms with van der Waals surface area (Å²) < 4.78 is 0. The Bertz CT molecular complexity index is 143. The smallest absolute Gasteiger partial charge is 0.0130 e. The fourth-order valence-electron chi connectivity index (χ4n) is 0.795. The maximum Gasteiger partial charge on any atom is -0.0130 e. The Morgan fingerprint density at radius 1 is 1.45 bits per heavy atom. The minimum atomic E-state index is 0.659. The molecule has 0 fully saturated rings. The van der Waals surface area contributed by atoms with E-state index >= 15 is 0 Å². The first kappa shape index (κ1) is 10.8. The van der Waals surface area contributed by atoms with Crippen molar-refractivity contribution in [3.8, 4) is 0 Å². The van der Waals surface area contributed by atoms with Crippen molar-refractivity contribution in [1.82, 2.24) is 0 Å². The van der Waals surface area contributed by atoms with E-state index in [9.17, 15) is 0 Å². The Morgan fingerprint density at radius 3 is 2.45 bits per heavy atom. The molecule has 0 aromatic rings. The van der Waals surface area contributed by atoms with Crippen molar-refractivity contribution in [1.29, 1.82) is 0 Å². The molecule has 0 atom stereocenters. The van der Waals surface area contributed by atoms with Crippen LogP contribution in [0.2, 0.25) is 0 Å². The van der Waals surface area contributed by atoms with E-state index < -0.39 is 0 Å². The molecule has 0 aromatic heterocycles. The first-order valence-electron chi connectivity index (χ1n) is 4.13. The molecule has 0 aliphatic heterocycles. The standard InChI is InChI=1S/C10H18S/c1-5-6-7-8-10(11-4)9(2)3/h6-9H,5H2,1-4H3/b7-6+,10-8-. The lowest BCUT2D eigenvalue weighted by atomic mass is 10.2. The average Bonchev–Trinajstić information content (AvgIpc) is 1.97. The van der Waals surface area contributed by atoms with Crippen LogP contribution in [0.25, 0.3) is 0 Å². The monoisotopic (exact) mass is 170 g/mol. The van der Waals surface area contributed by atoms with Gasteiger partial charge in [-0.25, -0.2) is 0 Å². The van der Waals surface area contributed by atoms with Gasteiger partial charge in [-0.15, -0.1) is 11.8 Å². The Hall–Kier alpha value is -0.170. The highest BCUT2D eigenvalue weighted by Gasteiger charge is 1.97. The third-order valence-corrected chi connectivity index (χ3v) is 2.52. The second-order valence-corrected chi connectivity index (χ2v) is 3.64. The van der Waals surface area contributed by atoms with E-state index in [0.717, 1.165) is 6.42 Å². The Morgan fingerprint density at radius 2 is 2.09 bits per heavy atom. The molecule has 0 aliphatic carbocycles. The van der Waals surface area contributed by atoms with Crippen LogP contribution in [0, 0.1) is 5.92 Å². The SMILES string of the molecule is CC/C=C/C=C(\SC)C(C)C. The van der Waals surface area contributed by atoms with Gasteiger partial charge in [-0.05, 0) is 23.5 Å². The minimum Gasteiger partial charge on any atom is -0.134 e. The summed E-state index contributed by atoms with van der Waals surface area (Å²) in [6, 6.07) is 0. The molecule has 0 saturated heterocycles. The zero-order chi connectivity index (χ0) is 8.69. The predicted molar refractivity (Wildman–Crippen MR) is 55.9 cm³/mol. The van der Waals surface area contributed by atoms with Crippen molar-refractivity contribution in [3.63, 3.8) is 0 Å². The average molecular weight is 170 g/mol. The molecule has 0 N–H and O–H groups in total. The maximum atomic E-state index is 2.22. The highest BCUT2D eigenvalue weighted by molar-refractivity contribution is 8.02. The molecule has 0 radical (unpaired) electrons. The molecule has 0 bridgehead atoms. The summed E-state index contributed by atoms with van der Waals surface area (Å²) in [6.45, 7) is 6.60. The van der Waals surface area contributed by atoms with Gasteiger partial charge in [0, 0.05) is 0 Å². The van der Waals surface area contributed by atoms with Crippen molar-refractivity contribution in [2.75, 3.05) is 6.26 Å². The summed E-state index contributed by atoms with van der Waals surface area (Å²) >= 11 is 1.84. The fourth-order valence-corrected chi connectivity index (χ4v) is 1.48. The van der Waals surface area contributed by atoms with E-state index in [1.54, 1.807) is 0 Å². The third-order valence-electron chi connectivity index (χ3n) is 1.44. The summed E-state index contributed by atoms with van der Waals surface area (Å²) in [7, 11) is 0. The van der Waals surface area contributed by atoms with E-state index in [-0.39, 0.29) is 0 Å². The molecule has 0 aliphatic rings. The van der Waals surface area contributed by atoms with Gasteiger partial charge in [0.1, 0.15) is 0 Å². The van der Waals surface area contributed by atoms with Crippen LogP contribution in [0.3, 0.4) is 0 Å². The van der Waals surface area contributed by atoms with Gasteiger partial charge in [0.25, 0.3) is 0 Å². The van der Waals surface area contributed by atoms with Crippen LogP contribution >= 0.6 is 11.8 Å². The maximum absolute atomic E-state index is 2.22. The van der Waals surface area contributed by atoms with Gasteiger partial charge in [-0.2, -0.15) is 0 Å². The van der Waals surface area contributed by atoms with E-state index in [1.807, 2.05) is 11.8 Å². The molecule has 1 heteroatoms. The van der Waals surface area contributed by atoms with Crippen LogP contribution < -0.4 is 0 Å². The molecule has 0 amide bonds. The van der Waals surface area contributed by atoms with E-state index in [2.05, 4.69) is 45.3 Å². The largest absolute Gasteiger partial charge is 0.134 e. The normalized spacial score (nSPS) is 13.4.